The van der Waals surface area contributed by atoms with E-state index in [1.54, 1.807) is 12.1 Å². The summed E-state index contributed by atoms with van der Waals surface area (Å²) in [6.07, 6.45) is 1.12. The standard InChI is InChI=1S/C19H21F2NO4S/c20-15-1-5-17(6-2-15)25-13-14-26-18-9-11-22(12-10-18)27(23,24)19-7-3-16(21)4-8-19/h1-8,18H,9-14H2. The third kappa shape index (κ3) is 5.24. The van der Waals surface area contributed by atoms with E-state index in [1.165, 1.54) is 28.6 Å². The molecule has 1 fully saturated rings. The lowest BCUT2D eigenvalue weighted by molar-refractivity contribution is 0.00700. The molecule has 0 amide bonds. The molecule has 1 aliphatic rings. The van der Waals surface area contributed by atoms with Gasteiger partial charge in [-0.2, -0.15) is 4.31 Å². The summed E-state index contributed by atoms with van der Waals surface area (Å²) >= 11 is 0. The van der Waals surface area contributed by atoms with Gasteiger partial charge in [-0.1, -0.05) is 0 Å². The smallest absolute Gasteiger partial charge is 0.243 e. The highest BCUT2D eigenvalue weighted by molar-refractivity contribution is 7.89. The van der Waals surface area contributed by atoms with E-state index in [2.05, 4.69) is 0 Å². The van der Waals surface area contributed by atoms with Crippen LogP contribution in [0, 0.1) is 11.6 Å². The van der Waals surface area contributed by atoms with Crippen LogP contribution in [-0.2, 0) is 14.8 Å². The number of hydrogen-bond acceptors (Lipinski definition) is 4. The second-order valence-electron chi connectivity index (χ2n) is 6.23. The number of hydrogen-bond donors (Lipinski definition) is 0. The van der Waals surface area contributed by atoms with Gasteiger partial charge in [0.25, 0.3) is 0 Å². The Labute approximate surface area is 157 Å². The Bertz CT molecular complexity index is 833. The number of nitrogens with zero attached hydrogens (tertiary/aromatic N) is 1. The van der Waals surface area contributed by atoms with Gasteiger partial charge in [-0.25, -0.2) is 17.2 Å². The average Bonchev–Trinajstić information content (AvgIpc) is 2.67. The molecule has 5 nitrogen and oxygen atoms in total. The fourth-order valence-electron chi connectivity index (χ4n) is 2.90. The maximum absolute atomic E-state index is 13.0. The van der Waals surface area contributed by atoms with Crippen molar-refractivity contribution in [2.24, 2.45) is 0 Å². The molecule has 1 aliphatic heterocycles. The molecule has 3 rings (SSSR count). The Morgan fingerprint density at radius 2 is 1.44 bits per heavy atom. The monoisotopic (exact) mass is 397 g/mol. The number of ether oxygens (including phenoxy) is 2. The van der Waals surface area contributed by atoms with Gasteiger partial charge in [0.15, 0.2) is 0 Å². The van der Waals surface area contributed by atoms with Gasteiger partial charge in [0.2, 0.25) is 10.0 Å². The predicted molar refractivity (Wildman–Crippen MR) is 96.0 cm³/mol. The second-order valence-corrected chi connectivity index (χ2v) is 8.17. The first-order chi connectivity index (χ1) is 12.9. The molecule has 2 aromatic rings. The molecule has 0 N–H and O–H groups in total. The SMILES string of the molecule is O=S(=O)(c1ccc(F)cc1)N1CCC(OCCOc2ccc(F)cc2)CC1. The van der Waals surface area contributed by atoms with Crippen LogP contribution in [0.25, 0.3) is 0 Å². The van der Waals surface area contributed by atoms with Gasteiger partial charge >= 0.3 is 0 Å². The third-order valence-electron chi connectivity index (χ3n) is 4.37. The summed E-state index contributed by atoms with van der Waals surface area (Å²) in [5.41, 5.74) is 0. The normalized spacial score (nSPS) is 16.4. The van der Waals surface area contributed by atoms with Crippen LogP contribution in [-0.4, -0.2) is 45.1 Å². The topological polar surface area (TPSA) is 55.8 Å². The molecule has 0 atom stereocenters. The van der Waals surface area contributed by atoms with Crippen molar-refractivity contribution in [1.29, 1.82) is 0 Å². The molecule has 0 aliphatic carbocycles. The van der Waals surface area contributed by atoms with Crippen molar-refractivity contribution >= 4 is 10.0 Å². The van der Waals surface area contributed by atoms with Crippen LogP contribution < -0.4 is 4.74 Å². The first-order valence-electron chi connectivity index (χ1n) is 8.71. The largest absolute Gasteiger partial charge is 0.491 e. The fraction of sp³-hybridized carbons (Fsp3) is 0.368. The van der Waals surface area contributed by atoms with E-state index in [1.807, 2.05) is 0 Å². The van der Waals surface area contributed by atoms with E-state index in [-0.39, 0.29) is 16.8 Å². The zero-order chi connectivity index (χ0) is 19.3. The van der Waals surface area contributed by atoms with Crippen LogP contribution in [0.4, 0.5) is 8.78 Å². The van der Waals surface area contributed by atoms with E-state index in [4.69, 9.17) is 9.47 Å². The minimum atomic E-state index is -3.61. The average molecular weight is 397 g/mol. The fourth-order valence-corrected chi connectivity index (χ4v) is 4.37. The summed E-state index contributed by atoms with van der Waals surface area (Å²) in [6, 6.07) is 10.6. The van der Waals surface area contributed by atoms with E-state index >= 15 is 0 Å². The van der Waals surface area contributed by atoms with Crippen molar-refractivity contribution in [3.05, 3.63) is 60.2 Å². The Balaban J connectivity index is 1.42. The van der Waals surface area contributed by atoms with E-state index in [9.17, 15) is 17.2 Å². The van der Waals surface area contributed by atoms with Crippen molar-refractivity contribution in [2.75, 3.05) is 26.3 Å². The molecule has 2 aromatic carbocycles. The molecule has 1 heterocycles. The Morgan fingerprint density at radius 3 is 2.04 bits per heavy atom. The first-order valence-corrected chi connectivity index (χ1v) is 10.1. The van der Waals surface area contributed by atoms with Gasteiger partial charge in [-0.3, -0.25) is 0 Å². The molecular weight excluding hydrogens is 376 g/mol. The van der Waals surface area contributed by atoms with Crippen molar-refractivity contribution in [2.45, 2.75) is 23.8 Å². The van der Waals surface area contributed by atoms with Crippen LogP contribution in [0.1, 0.15) is 12.8 Å². The van der Waals surface area contributed by atoms with E-state index in [0.717, 1.165) is 12.1 Å². The van der Waals surface area contributed by atoms with Gasteiger partial charge < -0.3 is 9.47 Å². The van der Waals surface area contributed by atoms with Gasteiger partial charge in [0.05, 0.1) is 17.6 Å². The Morgan fingerprint density at radius 1 is 0.889 bits per heavy atom. The summed E-state index contributed by atoms with van der Waals surface area (Å²) in [5.74, 6) is -0.218. The lowest BCUT2D eigenvalue weighted by Crippen LogP contribution is -2.41. The minimum Gasteiger partial charge on any atom is -0.491 e. The van der Waals surface area contributed by atoms with Gasteiger partial charge in [-0.05, 0) is 61.4 Å². The summed E-state index contributed by atoms with van der Waals surface area (Å²) in [4.78, 5) is 0.0935. The molecular formula is C19H21F2NO4S. The highest BCUT2D eigenvalue weighted by Gasteiger charge is 2.29. The lowest BCUT2D eigenvalue weighted by Gasteiger charge is -2.31. The second kappa shape index (κ2) is 8.77. The number of rotatable bonds is 7. The zero-order valence-corrected chi connectivity index (χ0v) is 15.5. The molecule has 8 heteroatoms. The van der Waals surface area contributed by atoms with E-state index < -0.39 is 15.8 Å². The van der Waals surface area contributed by atoms with Gasteiger partial charge in [0, 0.05) is 13.1 Å². The quantitative estimate of drug-likeness (QED) is 0.674. The van der Waals surface area contributed by atoms with Crippen molar-refractivity contribution in [3.63, 3.8) is 0 Å². The number of sulfonamides is 1. The summed E-state index contributed by atoms with van der Waals surface area (Å²) in [6.45, 7) is 1.40. The van der Waals surface area contributed by atoms with Crippen LogP contribution in [0.2, 0.25) is 0 Å². The highest BCUT2D eigenvalue weighted by atomic mass is 32.2. The van der Waals surface area contributed by atoms with E-state index in [0.29, 0.717) is 44.9 Å². The molecule has 146 valence electrons. The van der Waals surface area contributed by atoms with Gasteiger partial charge in [-0.15, -0.1) is 0 Å². The maximum Gasteiger partial charge on any atom is 0.243 e. The van der Waals surface area contributed by atoms with Crippen LogP contribution >= 0.6 is 0 Å². The summed E-state index contributed by atoms with van der Waals surface area (Å²) in [5, 5.41) is 0. The minimum absolute atomic E-state index is 0.0403. The highest BCUT2D eigenvalue weighted by Crippen LogP contribution is 2.22. The molecule has 27 heavy (non-hydrogen) atoms. The molecule has 0 bridgehead atoms. The maximum atomic E-state index is 13.0. The molecule has 0 unspecified atom stereocenters. The molecule has 0 aromatic heterocycles. The molecule has 0 radical (unpaired) electrons. The summed E-state index contributed by atoms with van der Waals surface area (Å²) < 4.78 is 63.5. The molecule has 1 saturated heterocycles. The van der Waals surface area contributed by atoms with Crippen molar-refractivity contribution in [1.82, 2.24) is 4.31 Å². The van der Waals surface area contributed by atoms with Crippen LogP contribution in [0.5, 0.6) is 5.75 Å². The molecule has 0 spiro atoms. The Kier molecular flexibility index (Phi) is 6.41. The van der Waals surface area contributed by atoms with Crippen molar-refractivity contribution < 1.29 is 26.7 Å². The number of benzene rings is 2. The van der Waals surface area contributed by atoms with Crippen LogP contribution in [0.15, 0.2) is 53.4 Å². The predicted octanol–water partition coefficient (Wildman–Crippen LogP) is 3.21. The van der Waals surface area contributed by atoms with Crippen molar-refractivity contribution in [3.8, 4) is 5.75 Å². The van der Waals surface area contributed by atoms with Gasteiger partial charge in [0.1, 0.15) is 24.0 Å². The number of halogens is 2. The molecule has 0 saturated carbocycles. The zero-order valence-electron chi connectivity index (χ0n) is 14.7. The van der Waals surface area contributed by atoms with Crippen LogP contribution in [0.3, 0.4) is 0 Å². The summed E-state index contributed by atoms with van der Waals surface area (Å²) in [7, 11) is -3.61. The lowest BCUT2D eigenvalue weighted by atomic mass is 10.1. The number of piperidine rings is 1. The Hall–Kier alpha value is -2.03. The first kappa shape index (κ1) is 19.7. The third-order valence-corrected chi connectivity index (χ3v) is 6.28.